The van der Waals surface area contributed by atoms with Crippen molar-refractivity contribution in [3.05, 3.63) is 60.7 Å². The quantitative estimate of drug-likeness (QED) is 0.516. The molecule has 0 spiro atoms. The van der Waals surface area contributed by atoms with Crippen LogP contribution in [0.5, 0.6) is 0 Å². The van der Waals surface area contributed by atoms with Gasteiger partial charge in [-0.05, 0) is 18.6 Å². The van der Waals surface area contributed by atoms with Crippen molar-refractivity contribution in [2.24, 2.45) is 0 Å². The third-order valence-electron chi connectivity index (χ3n) is 2.67. The molecule has 0 unspecified atom stereocenters. The van der Waals surface area contributed by atoms with Gasteiger partial charge >= 0.3 is 0 Å². The Balaban J connectivity index is 2.17. The van der Waals surface area contributed by atoms with Gasteiger partial charge in [-0.2, -0.15) is 4.52 Å². The van der Waals surface area contributed by atoms with Crippen LogP contribution in [0.4, 0.5) is 5.69 Å². The van der Waals surface area contributed by atoms with Crippen molar-refractivity contribution in [1.29, 1.82) is 0 Å². The molecule has 100 valence electrons. The van der Waals surface area contributed by atoms with Crippen LogP contribution in [0.25, 0.3) is 11.0 Å². The second-order valence-electron chi connectivity index (χ2n) is 4.12. The van der Waals surface area contributed by atoms with Crippen molar-refractivity contribution < 1.29 is 4.92 Å². The largest absolute Gasteiger partial charge is 0.291 e. The molecule has 3 rings (SSSR count). The molecule has 0 aliphatic heterocycles. The SMILES string of the molecule is Cc1nc2s/c(=C\c3cccc([N+](=O)[O-])c3)c(=O)n2n1. The number of hydrogen-bond donors (Lipinski definition) is 0. The van der Waals surface area contributed by atoms with E-state index in [9.17, 15) is 14.9 Å². The third-order valence-corrected chi connectivity index (χ3v) is 3.63. The molecule has 0 bridgehead atoms. The fraction of sp³-hybridized carbons (Fsp3) is 0.0833. The topological polar surface area (TPSA) is 90.4 Å². The van der Waals surface area contributed by atoms with E-state index in [1.807, 2.05) is 0 Å². The van der Waals surface area contributed by atoms with Crippen molar-refractivity contribution in [2.75, 3.05) is 0 Å². The van der Waals surface area contributed by atoms with Gasteiger partial charge in [-0.25, -0.2) is 4.98 Å². The highest BCUT2D eigenvalue weighted by Gasteiger charge is 2.09. The van der Waals surface area contributed by atoms with Gasteiger partial charge in [0, 0.05) is 12.1 Å². The molecule has 0 radical (unpaired) electrons. The lowest BCUT2D eigenvalue weighted by Crippen LogP contribution is -2.23. The molecule has 0 saturated heterocycles. The number of nitro benzene ring substituents is 1. The number of aromatic nitrogens is 3. The molecule has 0 saturated carbocycles. The van der Waals surface area contributed by atoms with Gasteiger partial charge in [-0.15, -0.1) is 5.10 Å². The summed E-state index contributed by atoms with van der Waals surface area (Å²) in [4.78, 5) is 27.0. The molecule has 2 aromatic heterocycles. The molecule has 7 nitrogen and oxygen atoms in total. The highest BCUT2D eigenvalue weighted by molar-refractivity contribution is 7.15. The molecule has 3 aromatic rings. The van der Waals surface area contributed by atoms with E-state index in [0.717, 1.165) is 0 Å². The number of non-ortho nitro benzene ring substituents is 1. The van der Waals surface area contributed by atoms with E-state index in [0.29, 0.717) is 20.9 Å². The number of nitrogens with zero attached hydrogens (tertiary/aromatic N) is 4. The van der Waals surface area contributed by atoms with E-state index in [4.69, 9.17) is 0 Å². The number of fused-ring (bicyclic) bond motifs is 1. The maximum Gasteiger partial charge on any atom is 0.291 e. The summed E-state index contributed by atoms with van der Waals surface area (Å²) < 4.78 is 1.68. The molecule has 0 amide bonds. The van der Waals surface area contributed by atoms with Gasteiger partial charge < -0.3 is 0 Å². The van der Waals surface area contributed by atoms with Crippen LogP contribution in [0.2, 0.25) is 0 Å². The highest BCUT2D eigenvalue weighted by atomic mass is 32.1. The average Bonchev–Trinajstić information content (AvgIpc) is 2.89. The number of thiazole rings is 1. The van der Waals surface area contributed by atoms with Crippen molar-refractivity contribution in [2.45, 2.75) is 6.92 Å². The Labute approximate surface area is 116 Å². The van der Waals surface area contributed by atoms with Crippen LogP contribution in [0, 0.1) is 17.0 Å². The van der Waals surface area contributed by atoms with E-state index in [1.54, 1.807) is 25.1 Å². The summed E-state index contributed by atoms with van der Waals surface area (Å²) in [6.07, 6.45) is 1.60. The Morgan fingerprint density at radius 3 is 2.95 bits per heavy atom. The molecule has 0 N–H and O–H groups in total. The number of rotatable bonds is 2. The van der Waals surface area contributed by atoms with Crippen LogP contribution in [0.1, 0.15) is 11.4 Å². The zero-order valence-corrected chi connectivity index (χ0v) is 11.1. The molecule has 0 aliphatic rings. The zero-order chi connectivity index (χ0) is 14.3. The van der Waals surface area contributed by atoms with Gasteiger partial charge in [0.05, 0.1) is 9.46 Å². The Morgan fingerprint density at radius 1 is 1.45 bits per heavy atom. The molecule has 20 heavy (non-hydrogen) atoms. The first-order chi connectivity index (χ1) is 9.54. The Morgan fingerprint density at radius 2 is 2.25 bits per heavy atom. The minimum absolute atomic E-state index is 0.0125. The van der Waals surface area contributed by atoms with Crippen LogP contribution in [-0.4, -0.2) is 19.5 Å². The second-order valence-corrected chi connectivity index (χ2v) is 5.13. The number of hydrogen-bond acceptors (Lipinski definition) is 6. The Hall–Kier alpha value is -2.61. The predicted octanol–water partition coefficient (Wildman–Crippen LogP) is 0.915. The second kappa shape index (κ2) is 4.49. The fourth-order valence-electron chi connectivity index (χ4n) is 1.81. The van der Waals surface area contributed by atoms with Crippen molar-refractivity contribution in [3.63, 3.8) is 0 Å². The standard InChI is InChI=1S/C12H8N4O3S/c1-7-13-12-15(14-7)11(17)10(20-12)6-8-3-2-4-9(5-8)16(18)19/h2-6H,1H3/b10-6-. The summed E-state index contributed by atoms with van der Waals surface area (Å²) in [5, 5.41) is 14.7. The van der Waals surface area contributed by atoms with Crippen LogP contribution in [-0.2, 0) is 0 Å². The first-order valence-corrected chi connectivity index (χ1v) is 6.48. The summed E-state index contributed by atoms with van der Waals surface area (Å²) in [5.41, 5.74) is 0.316. The lowest BCUT2D eigenvalue weighted by molar-refractivity contribution is -0.384. The molecule has 8 heteroatoms. The average molecular weight is 288 g/mol. The minimum Gasteiger partial charge on any atom is -0.266 e. The van der Waals surface area contributed by atoms with Gasteiger partial charge in [-0.3, -0.25) is 14.9 Å². The van der Waals surface area contributed by atoms with Crippen LogP contribution >= 0.6 is 11.3 Å². The summed E-state index contributed by atoms with van der Waals surface area (Å²) in [6, 6.07) is 6.10. The van der Waals surface area contributed by atoms with Crippen molar-refractivity contribution >= 4 is 28.1 Å². The Kier molecular flexibility index (Phi) is 2.79. The summed E-state index contributed by atoms with van der Waals surface area (Å²) in [5.74, 6) is 0.537. The summed E-state index contributed by atoms with van der Waals surface area (Å²) >= 11 is 1.21. The molecule has 0 atom stereocenters. The van der Waals surface area contributed by atoms with E-state index >= 15 is 0 Å². The number of aryl methyl sites for hydroxylation is 1. The fourth-order valence-corrected chi connectivity index (χ4v) is 2.76. The van der Waals surface area contributed by atoms with Gasteiger partial charge in [0.15, 0.2) is 0 Å². The van der Waals surface area contributed by atoms with E-state index in [-0.39, 0.29) is 11.2 Å². The maximum absolute atomic E-state index is 12.1. The van der Waals surface area contributed by atoms with Crippen molar-refractivity contribution in [1.82, 2.24) is 14.6 Å². The van der Waals surface area contributed by atoms with Crippen LogP contribution in [0.3, 0.4) is 0 Å². The molecule has 2 heterocycles. The summed E-state index contributed by atoms with van der Waals surface area (Å²) in [7, 11) is 0. The summed E-state index contributed by atoms with van der Waals surface area (Å²) in [6.45, 7) is 1.71. The third kappa shape index (κ3) is 2.05. The molecular weight excluding hydrogens is 280 g/mol. The lowest BCUT2D eigenvalue weighted by Gasteiger charge is -1.92. The van der Waals surface area contributed by atoms with E-state index < -0.39 is 4.92 Å². The minimum atomic E-state index is -0.471. The number of benzene rings is 1. The number of nitro groups is 1. The van der Waals surface area contributed by atoms with Gasteiger partial charge in [0.25, 0.3) is 11.2 Å². The predicted molar refractivity (Wildman–Crippen MR) is 73.8 cm³/mol. The van der Waals surface area contributed by atoms with E-state index in [2.05, 4.69) is 10.1 Å². The van der Waals surface area contributed by atoms with E-state index in [1.165, 1.54) is 28.0 Å². The smallest absolute Gasteiger partial charge is 0.266 e. The zero-order valence-electron chi connectivity index (χ0n) is 10.3. The molecule has 1 aromatic carbocycles. The maximum atomic E-state index is 12.1. The van der Waals surface area contributed by atoms with Gasteiger partial charge in [-0.1, -0.05) is 23.5 Å². The first kappa shape index (κ1) is 12.4. The van der Waals surface area contributed by atoms with Crippen LogP contribution in [0.15, 0.2) is 29.1 Å². The highest BCUT2D eigenvalue weighted by Crippen LogP contribution is 2.13. The van der Waals surface area contributed by atoms with Gasteiger partial charge in [0.1, 0.15) is 5.82 Å². The molecule has 0 fully saturated rings. The molecule has 0 aliphatic carbocycles. The van der Waals surface area contributed by atoms with Crippen LogP contribution < -0.4 is 10.1 Å². The first-order valence-electron chi connectivity index (χ1n) is 5.67. The van der Waals surface area contributed by atoms with Crippen molar-refractivity contribution in [3.8, 4) is 0 Å². The normalized spacial score (nSPS) is 12.2. The van der Waals surface area contributed by atoms with Gasteiger partial charge in [0.2, 0.25) is 4.96 Å². The monoisotopic (exact) mass is 288 g/mol. The molecular formula is C12H8N4O3S. The lowest BCUT2D eigenvalue weighted by atomic mass is 10.2. The Bertz CT molecular complexity index is 928.